The maximum absolute atomic E-state index is 12.6. The summed E-state index contributed by atoms with van der Waals surface area (Å²) < 4.78 is 32.8. The first-order valence-corrected chi connectivity index (χ1v) is 10.6. The molecule has 2 saturated heterocycles. The Hall–Kier alpha value is -0.770. The summed E-state index contributed by atoms with van der Waals surface area (Å²) in [6.45, 7) is 4.07. The molecule has 23 heavy (non-hydrogen) atoms. The van der Waals surface area contributed by atoms with E-state index in [4.69, 9.17) is 4.74 Å². The van der Waals surface area contributed by atoms with Gasteiger partial charge in [0.05, 0.1) is 18.5 Å². The van der Waals surface area contributed by atoms with Crippen LogP contribution in [0.1, 0.15) is 25.7 Å². The van der Waals surface area contributed by atoms with E-state index < -0.39 is 10.0 Å². The van der Waals surface area contributed by atoms with E-state index in [9.17, 15) is 8.42 Å². The van der Waals surface area contributed by atoms with Crippen molar-refractivity contribution in [3.8, 4) is 0 Å². The summed E-state index contributed by atoms with van der Waals surface area (Å²) in [5.74, 6) is 0. The molecule has 0 N–H and O–H groups in total. The SMILES string of the molecule is O=S(=O)(C1CC1)N1CCC[C@@]2(COCCN(c3nncs3)C2)C1. The number of piperidine rings is 1. The highest BCUT2D eigenvalue weighted by molar-refractivity contribution is 7.90. The van der Waals surface area contributed by atoms with Gasteiger partial charge in [-0.1, -0.05) is 11.3 Å². The second kappa shape index (κ2) is 5.94. The van der Waals surface area contributed by atoms with E-state index in [1.165, 1.54) is 11.3 Å². The molecular formula is C14H22N4O3S2. The molecule has 1 aromatic heterocycles. The molecule has 1 spiro atoms. The Morgan fingerprint density at radius 3 is 2.91 bits per heavy atom. The third-order valence-corrected chi connectivity index (χ3v) is 8.09. The first-order chi connectivity index (χ1) is 11.1. The summed E-state index contributed by atoms with van der Waals surface area (Å²) >= 11 is 1.52. The lowest BCUT2D eigenvalue weighted by molar-refractivity contribution is 0.0350. The maximum atomic E-state index is 12.6. The van der Waals surface area contributed by atoms with Crippen LogP contribution in [-0.4, -0.2) is 67.6 Å². The average molecular weight is 358 g/mol. The van der Waals surface area contributed by atoms with Gasteiger partial charge in [-0.2, -0.15) is 0 Å². The summed E-state index contributed by atoms with van der Waals surface area (Å²) in [5, 5.41) is 8.86. The lowest BCUT2D eigenvalue weighted by atomic mass is 9.81. The van der Waals surface area contributed by atoms with Crippen molar-refractivity contribution in [2.45, 2.75) is 30.9 Å². The molecule has 0 aromatic carbocycles. The Morgan fingerprint density at radius 1 is 1.30 bits per heavy atom. The van der Waals surface area contributed by atoms with E-state index in [2.05, 4.69) is 15.1 Å². The van der Waals surface area contributed by atoms with Crippen molar-refractivity contribution in [3.63, 3.8) is 0 Å². The molecule has 128 valence electrons. The Kier molecular flexibility index (Phi) is 4.07. The van der Waals surface area contributed by atoms with Crippen LogP contribution in [0.3, 0.4) is 0 Å². The van der Waals surface area contributed by atoms with Crippen molar-refractivity contribution in [1.29, 1.82) is 0 Å². The minimum absolute atomic E-state index is 0.136. The quantitative estimate of drug-likeness (QED) is 0.801. The standard InChI is InChI=1S/C14H22N4O3S2/c19-23(20,12-2-3-12)18-5-1-4-14(9-18)8-17(6-7-21-10-14)13-16-15-11-22-13/h11-12H,1-10H2/t14-/m0/s1. The number of rotatable bonds is 3. The van der Waals surface area contributed by atoms with Gasteiger partial charge in [0, 0.05) is 31.6 Å². The summed E-state index contributed by atoms with van der Waals surface area (Å²) in [6, 6.07) is 0. The van der Waals surface area contributed by atoms with Crippen molar-refractivity contribution < 1.29 is 13.2 Å². The number of hydrogen-bond donors (Lipinski definition) is 0. The fourth-order valence-electron chi connectivity index (χ4n) is 3.66. The number of aromatic nitrogens is 2. The molecule has 1 aliphatic carbocycles. The van der Waals surface area contributed by atoms with Crippen molar-refractivity contribution >= 4 is 26.5 Å². The molecule has 3 aliphatic rings. The third-order valence-electron chi connectivity index (χ3n) is 4.99. The minimum Gasteiger partial charge on any atom is -0.379 e. The van der Waals surface area contributed by atoms with Gasteiger partial charge >= 0.3 is 0 Å². The van der Waals surface area contributed by atoms with Gasteiger partial charge in [-0.15, -0.1) is 10.2 Å². The van der Waals surface area contributed by atoms with Gasteiger partial charge in [0.15, 0.2) is 0 Å². The predicted molar refractivity (Wildman–Crippen MR) is 88.1 cm³/mol. The van der Waals surface area contributed by atoms with E-state index >= 15 is 0 Å². The van der Waals surface area contributed by atoms with E-state index in [0.29, 0.717) is 26.3 Å². The van der Waals surface area contributed by atoms with Crippen LogP contribution in [0.4, 0.5) is 5.13 Å². The molecule has 4 rings (SSSR count). The van der Waals surface area contributed by atoms with Crippen LogP contribution in [0.15, 0.2) is 5.51 Å². The van der Waals surface area contributed by atoms with Crippen LogP contribution in [0, 0.1) is 5.41 Å². The molecule has 3 heterocycles. The van der Waals surface area contributed by atoms with E-state index in [0.717, 1.165) is 43.9 Å². The second-order valence-corrected chi connectivity index (χ2v) is 9.90. The van der Waals surface area contributed by atoms with Crippen molar-refractivity contribution in [1.82, 2.24) is 14.5 Å². The van der Waals surface area contributed by atoms with Crippen molar-refractivity contribution in [2.24, 2.45) is 5.41 Å². The van der Waals surface area contributed by atoms with E-state index in [1.54, 1.807) is 9.82 Å². The highest BCUT2D eigenvalue weighted by Crippen LogP contribution is 2.39. The molecule has 0 amide bonds. The normalized spacial score (nSPS) is 30.5. The third kappa shape index (κ3) is 3.11. The van der Waals surface area contributed by atoms with Crippen molar-refractivity contribution in [3.05, 3.63) is 5.51 Å². The first-order valence-electron chi connectivity index (χ1n) is 8.17. The topological polar surface area (TPSA) is 75.6 Å². The molecule has 3 fully saturated rings. The number of nitrogens with zero attached hydrogens (tertiary/aromatic N) is 4. The van der Waals surface area contributed by atoms with Crippen LogP contribution >= 0.6 is 11.3 Å². The van der Waals surface area contributed by atoms with Gasteiger partial charge in [-0.05, 0) is 25.7 Å². The molecule has 9 heteroatoms. The fraction of sp³-hybridized carbons (Fsp3) is 0.857. The molecule has 2 aliphatic heterocycles. The summed E-state index contributed by atoms with van der Waals surface area (Å²) in [6.07, 6.45) is 3.54. The van der Waals surface area contributed by atoms with Crippen molar-refractivity contribution in [2.75, 3.05) is 44.3 Å². The summed E-state index contributed by atoms with van der Waals surface area (Å²) in [4.78, 5) is 2.21. The number of anilines is 1. The molecule has 0 unspecified atom stereocenters. The predicted octanol–water partition coefficient (Wildman–Crippen LogP) is 0.949. The average Bonchev–Trinajstić information content (AvgIpc) is 3.31. The summed E-state index contributed by atoms with van der Waals surface area (Å²) in [5.41, 5.74) is 1.60. The molecule has 1 aromatic rings. The zero-order valence-corrected chi connectivity index (χ0v) is 14.7. The Labute approximate surface area is 140 Å². The minimum atomic E-state index is -3.11. The van der Waals surface area contributed by atoms with E-state index in [-0.39, 0.29) is 10.7 Å². The lowest BCUT2D eigenvalue weighted by Crippen LogP contribution is -2.52. The Bertz CT molecular complexity index is 647. The molecule has 7 nitrogen and oxygen atoms in total. The molecule has 1 atom stereocenters. The second-order valence-electron chi connectivity index (χ2n) is 6.88. The molecule has 1 saturated carbocycles. The monoisotopic (exact) mass is 358 g/mol. The lowest BCUT2D eigenvalue weighted by Gasteiger charge is -2.42. The molecular weight excluding hydrogens is 336 g/mol. The van der Waals surface area contributed by atoms with Gasteiger partial charge in [0.1, 0.15) is 5.51 Å². The number of ether oxygens (including phenoxy) is 1. The van der Waals surface area contributed by atoms with Crippen LogP contribution < -0.4 is 4.90 Å². The largest absolute Gasteiger partial charge is 0.379 e. The first kappa shape index (κ1) is 15.7. The van der Waals surface area contributed by atoms with Crippen LogP contribution in [0.5, 0.6) is 0 Å². The smallest absolute Gasteiger partial charge is 0.217 e. The van der Waals surface area contributed by atoms with Gasteiger partial charge < -0.3 is 9.64 Å². The highest BCUT2D eigenvalue weighted by Gasteiger charge is 2.46. The summed E-state index contributed by atoms with van der Waals surface area (Å²) in [7, 11) is -3.11. The van der Waals surface area contributed by atoms with E-state index in [1.807, 2.05) is 0 Å². The number of sulfonamides is 1. The maximum Gasteiger partial charge on any atom is 0.217 e. The molecule has 0 bridgehead atoms. The van der Waals surface area contributed by atoms with Gasteiger partial charge in [0.2, 0.25) is 15.2 Å². The van der Waals surface area contributed by atoms with Crippen LogP contribution in [0.2, 0.25) is 0 Å². The van der Waals surface area contributed by atoms with Gasteiger partial charge in [-0.3, -0.25) is 0 Å². The van der Waals surface area contributed by atoms with Crippen LogP contribution in [0.25, 0.3) is 0 Å². The zero-order chi connectivity index (χ0) is 15.9. The Morgan fingerprint density at radius 2 is 2.17 bits per heavy atom. The molecule has 0 radical (unpaired) electrons. The number of hydrogen-bond acceptors (Lipinski definition) is 7. The fourth-order valence-corrected chi connectivity index (χ4v) is 6.24. The van der Waals surface area contributed by atoms with Crippen LogP contribution in [-0.2, 0) is 14.8 Å². The van der Waals surface area contributed by atoms with Gasteiger partial charge in [0.25, 0.3) is 0 Å². The van der Waals surface area contributed by atoms with Gasteiger partial charge in [-0.25, -0.2) is 12.7 Å². The Balaban J connectivity index is 1.55. The zero-order valence-electron chi connectivity index (χ0n) is 13.1. The highest BCUT2D eigenvalue weighted by atomic mass is 32.2.